The summed E-state index contributed by atoms with van der Waals surface area (Å²) in [5.74, 6) is -0.672. The summed E-state index contributed by atoms with van der Waals surface area (Å²) in [5.41, 5.74) is 0.256. The summed E-state index contributed by atoms with van der Waals surface area (Å²) < 4.78 is 4.53. The van der Waals surface area contributed by atoms with E-state index in [0.29, 0.717) is 5.69 Å². The van der Waals surface area contributed by atoms with Gasteiger partial charge < -0.3 is 15.2 Å². The van der Waals surface area contributed by atoms with Crippen molar-refractivity contribution in [3.05, 3.63) is 33.9 Å². The van der Waals surface area contributed by atoms with Crippen LogP contribution in [0.15, 0.2) is 18.2 Å². The van der Waals surface area contributed by atoms with Crippen LogP contribution in [0.1, 0.15) is 10.4 Å². The fourth-order valence-corrected chi connectivity index (χ4v) is 1.27. The minimum absolute atomic E-state index is 0.0650. The van der Waals surface area contributed by atoms with E-state index in [1.807, 2.05) is 0 Å². The molecule has 17 heavy (non-hydrogen) atoms. The lowest BCUT2D eigenvalue weighted by Crippen LogP contribution is -2.11. The van der Waals surface area contributed by atoms with Crippen molar-refractivity contribution in [2.24, 2.45) is 0 Å². The molecule has 0 amide bonds. The molecular weight excluding hydrogens is 228 g/mol. The molecule has 0 unspecified atom stereocenters. The van der Waals surface area contributed by atoms with Crippen molar-refractivity contribution >= 4 is 17.3 Å². The first-order valence-corrected chi connectivity index (χ1v) is 4.81. The number of aliphatic hydroxyl groups excluding tert-OH is 1. The number of benzene rings is 1. The quantitative estimate of drug-likeness (QED) is 0.448. The molecule has 0 aromatic heterocycles. The van der Waals surface area contributed by atoms with Crippen LogP contribution in [-0.4, -0.2) is 36.3 Å². The van der Waals surface area contributed by atoms with E-state index in [0.717, 1.165) is 6.07 Å². The summed E-state index contributed by atoms with van der Waals surface area (Å²) in [6, 6.07) is 3.80. The number of methoxy groups -OCH3 is 1. The van der Waals surface area contributed by atoms with E-state index in [9.17, 15) is 14.9 Å². The van der Waals surface area contributed by atoms with Gasteiger partial charge in [0.1, 0.15) is 0 Å². The Kier molecular flexibility index (Phi) is 4.41. The van der Waals surface area contributed by atoms with Crippen molar-refractivity contribution in [2.75, 3.05) is 25.6 Å². The van der Waals surface area contributed by atoms with Crippen LogP contribution in [0.4, 0.5) is 11.4 Å². The third-order valence-electron chi connectivity index (χ3n) is 2.05. The van der Waals surface area contributed by atoms with Gasteiger partial charge in [0.2, 0.25) is 0 Å². The molecule has 2 N–H and O–H groups in total. The van der Waals surface area contributed by atoms with Gasteiger partial charge in [-0.3, -0.25) is 10.1 Å². The topological polar surface area (TPSA) is 102 Å². The Bertz CT molecular complexity index is 433. The highest BCUT2D eigenvalue weighted by atomic mass is 16.6. The monoisotopic (exact) mass is 240 g/mol. The Morgan fingerprint density at radius 2 is 2.29 bits per heavy atom. The molecule has 0 heterocycles. The van der Waals surface area contributed by atoms with Crippen LogP contribution in [0.2, 0.25) is 0 Å². The lowest BCUT2D eigenvalue weighted by Gasteiger charge is -2.09. The standard InChI is InChI=1S/C10H12N2O5/c1-17-10(14)8-6-7(12(15)16)2-3-9(8)11-4-5-13/h2-3,6,11,13H,4-5H2,1H3. The van der Waals surface area contributed by atoms with Crippen LogP contribution in [0.3, 0.4) is 0 Å². The van der Waals surface area contributed by atoms with E-state index >= 15 is 0 Å². The lowest BCUT2D eigenvalue weighted by molar-refractivity contribution is -0.384. The fraction of sp³-hybridized carbons (Fsp3) is 0.300. The van der Waals surface area contributed by atoms with E-state index in [-0.39, 0.29) is 24.4 Å². The molecule has 0 bridgehead atoms. The molecule has 0 aliphatic heterocycles. The average Bonchev–Trinajstić information content (AvgIpc) is 2.35. The van der Waals surface area contributed by atoms with Gasteiger partial charge in [-0.1, -0.05) is 0 Å². The van der Waals surface area contributed by atoms with Crippen molar-refractivity contribution in [1.82, 2.24) is 0 Å². The molecule has 1 aromatic rings. The van der Waals surface area contributed by atoms with Crippen LogP contribution in [0.5, 0.6) is 0 Å². The number of carbonyl (C=O) groups excluding carboxylic acids is 1. The maximum absolute atomic E-state index is 11.4. The zero-order chi connectivity index (χ0) is 12.8. The number of nitrogens with zero attached hydrogens (tertiary/aromatic N) is 1. The van der Waals surface area contributed by atoms with E-state index in [1.54, 1.807) is 0 Å². The Labute approximate surface area is 97.2 Å². The van der Waals surface area contributed by atoms with Gasteiger partial charge in [0.25, 0.3) is 5.69 Å². The smallest absolute Gasteiger partial charge is 0.340 e. The number of esters is 1. The highest BCUT2D eigenvalue weighted by Crippen LogP contribution is 2.22. The number of nitrogens with one attached hydrogen (secondary N) is 1. The number of rotatable bonds is 5. The van der Waals surface area contributed by atoms with Gasteiger partial charge in [0.05, 0.1) is 24.2 Å². The fourth-order valence-electron chi connectivity index (χ4n) is 1.27. The highest BCUT2D eigenvalue weighted by molar-refractivity contribution is 5.96. The summed E-state index contributed by atoms with van der Waals surface area (Å²) in [6.07, 6.45) is 0. The van der Waals surface area contributed by atoms with Crippen LogP contribution in [0.25, 0.3) is 0 Å². The molecular formula is C10H12N2O5. The Balaban J connectivity index is 3.12. The minimum atomic E-state index is -0.672. The second kappa shape index (κ2) is 5.80. The summed E-state index contributed by atoms with van der Waals surface area (Å²) in [5, 5.41) is 22.0. The van der Waals surface area contributed by atoms with E-state index < -0.39 is 10.9 Å². The number of non-ortho nitro benzene ring substituents is 1. The molecule has 1 aromatic carbocycles. The first kappa shape index (κ1) is 12.9. The maximum Gasteiger partial charge on any atom is 0.340 e. The van der Waals surface area contributed by atoms with Gasteiger partial charge in [-0.25, -0.2) is 4.79 Å². The van der Waals surface area contributed by atoms with Crippen LogP contribution in [-0.2, 0) is 4.74 Å². The number of aliphatic hydroxyl groups is 1. The molecule has 0 radical (unpaired) electrons. The van der Waals surface area contributed by atoms with E-state index in [2.05, 4.69) is 10.1 Å². The first-order chi connectivity index (χ1) is 8.10. The Morgan fingerprint density at radius 3 is 2.82 bits per heavy atom. The van der Waals surface area contributed by atoms with E-state index in [4.69, 9.17) is 5.11 Å². The summed E-state index contributed by atoms with van der Waals surface area (Å²) in [6.45, 7) is 0.124. The van der Waals surface area contributed by atoms with Crippen molar-refractivity contribution in [1.29, 1.82) is 0 Å². The predicted molar refractivity (Wildman–Crippen MR) is 60.0 cm³/mol. The molecule has 0 saturated carbocycles. The number of anilines is 1. The largest absolute Gasteiger partial charge is 0.465 e. The number of ether oxygens (including phenoxy) is 1. The van der Waals surface area contributed by atoms with Gasteiger partial charge in [-0.15, -0.1) is 0 Å². The van der Waals surface area contributed by atoms with Crippen LogP contribution >= 0.6 is 0 Å². The second-order valence-electron chi connectivity index (χ2n) is 3.13. The molecule has 0 saturated heterocycles. The molecule has 0 spiro atoms. The van der Waals surface area contributed by atoms with Gasteiger partial charge in [0, 0.05) is 24.4 Å². The van der Waals surface area contributed by atoms with Crippen molar-refractivity contribution in [2.45, 2.75) is 0 Å². The second-order valence-corrected chi connectivity index (χ2v) is 3.13. The minimum Gasteiger partial charge on any atom is -0.465 e. The van der Waals surface area contributed by atoms with Crippen molar-refractivity contribution in [3.63, 3.8) is 0 Å². The Hall–Kier alpha value is -2.15. The number of carbonyl (C=O) groups is 1. The molecule has 0 atom stereocenters. The number of hydrogen-bond acceptors (Lipinski definition) is 6. The molecule has 0 aliphatic carbocycles. The number of hydrogen-bond donors (Lipinski definition) is 2. The third kappa shape index (κ3) is 3.15. The normalized spacial score (nSPS) is 9.76. The SMILES string of the molecule is COC(=O)c1cc([N+](=O)[O-])ccc1NCCO. The number of nitro groups is 1. The van der Waals surface area contributed by atoms with Crippen molar-refractivity contribution < 1.29 is 19.6 Å². The first-order valence-electron chi connectivity index (χ1n) is 4.81. The molecule has 7 nitrogen and oxygen atoms in total. The van der Waals surface area contributed by atoms with Crippen LogP contribution < -0.4 is 5.32 Å². The molecule has 1 rings (SSSR count). The van der Waals surface area contributed by atoms with Gasteiger partial charge in [-0.05, 0) is 6.07 Å². The lowest BCUT2D eigenvalue weighted by atomic mass is 10.1. The zero-order valence-corrected chi connectivity index (χ0v) is 9.17. The molecule has 0 fully saturated rings. The predicted octanol–water partition coefficient (Wildman–Crippen LogP) is 0.786. The van der Waals surface area contributed by atoms with Crippen molar-refractivity contribution in [3.8, 4) is 0 Å². The highest BCUT2D eigenvalue weighted by Gasteiger charge is 2.16. The Morgan fingerprint density at radius 1 is 1.59 bits per heavy atom. The average molecular weight is 240 g/mol. The summed E-state index contributed by atoms with van der Waals surface area (Å²) in [4.78, 5) is 21.4. The summed E-state index contributed by atoms with van der Waals surface area (Å²) >= 11 is 0. The number of nitro benzene ring substituents is 1. The van der Waals surface area contributed by atoms with Crippen LogP contribution in [0, 0.1) is 10.1 Å². The molecule has 0 aliphatic rings. The van der Waals surface area contributed by atoms with Gasteiger partial charge >= 0.3 is 5.97 Å². The zero-order valence-electron chi connectivity index (χ0n) is 9.17. The molecule has 92 valence electrons. The van der Waals surface area contributed by atoms with Gasteiger partial charge in [-0.2, -0.15) is 0 Å². The third-order valence-corrected chi connectivity index (χ3v) is 2.05. The summed E-state index contributed by atoms with van der Waals surface area (Å²) in [7, 11) is 1.19. The molecule has 7 heteroatoms. The maximum atomic E-state index is 11.4. The van der Waals surface area contributed by atoms with Gasteiger partial charge in [0.15, 0.2) is 0 Å². The van der Waals surface area contributed by atoms with E-state index in [1.165, 1.54) is 19.2 Å².